The number of halogens is 2. The third-order valence-electron chi connectivity index (χ3n) is 3.38. The molecular formula is C17H17Cl2N3O4S. The van der Waals surface area contributed by atoms with Crippen LogP contribution in [0.25, 0.3) is 0 Å². The van der Waals surface area contributed by atoms with Gasteiger partial charge in [0.1, 0.15) is 23.8 Å². The number of carbonyl (C=O) groups excluding carboxylic acids is 1. The molecule has 0 spiro atoms. The summed E-state index contributed by atoms with van der Waals surface area (Å²) in [5.74, 6) is 4.81. The molecule has 27 heavy (non-hydrogen) atoms. The van der Waals surface area contributed by atoms with Gasteiger partial charge < -0.3 is 4.74 Å². The molecule has 2 aromatic rings. The van der Waals surface area contributed by atoms with Crippen molar-refractivity contribution in [1.29, 1.82) is 0 Å². The van der Waals surface area contributed by atoms with E-state index < -0.39 is 22.5 Å². The Kier molecular flexibility index (Phi) is 7.09. The summed E-state index contributed by atoms with van der Waals surface area (Å²) in [6.45, 7) is 3.23. The lowest BCUT2D eigenvalue weighted by molar-refractivity contribution is -0.119. The molecule has 144 valence electrons. The van der Waals surface area contributed by atoms with Crippen molar-refractivity contribution < 1.29 is 17.9 Å². The highest BCUT2D eigenvalue weighted by atomic mass is 35.5. The van der Waals surface area contributed by atoms with E-state index in [1.165, 1.54) is 30.3 Å². The SMILES string of the molecule is C=CCOc1cccc(N(CC(=O)NN)S(=O)(=O)c2cc(Cl)ccc2Cl)c1. The molecule has 10 heteroatoms. The van der Waals surface area contributed by atoms with Crippen LogP contribution in [0.4, 0.5) is 5.69 Å². The van der Waals surface area contributed by atoms with E-state index in [-0.39, 0.29) is 27.2 Å². The third-order valence-corrected chi connectivity index (χ3v) is 5.87. The van der Waals surface area contributed by atoms with Gasteiger partial charge in [0.25, 0.3) is 15.9 Å². The average Bonchev–Trinajstić information content (AvgIpc) is 2.66. The molecular weight excluding hydrogens is 413 g/mol. The van der Waals surface area contributed by atoms with Crippen LogP contribution in [0.15, 0.2) is 60.0 Å². The predicted octanol–water partition coefficient (Wildman–Crippen LogP) is 2.74. The van der Waals surface area contributed by atoms with Crippen LogP contribution in [0.5, 0.6) is 5.75 Å². The van der Waals surface area contributed by atoms with Crippen LogP contribution in [0.1, 0.15) is 0 Å². The van der Waals surface area contributed by atoms with Gasteiger partial charge in [0.05, 0.1) is 10.7 Å². The van der Waals surface area contributed by atoms with E-state index in [0.29, 0.717) is 5.75 Å². The zero-order valence-electron chi connectivity index (χ0n) is 14.1. The van der Waals surface area contributed by atoms with E-state index in [4.69, 9.17) is 33.8 Å². The van der Waals surface area contributed by atoms with E-state index in [0.717, 1.165) is 4.31 Å². The van der Waals surface area contributed by atoms with Crippen LogP contribution < -0.4 is 20.3 Å². The highest BCUT2D eigenvalue weighted by molar-refractivity contribution is 7.93. The summed E-state index contributed by atoms with van der Waals surface area (Å²) in [7, 11) is -4.22. The Bertz CT molecular complexity index is 951. The summed E-state index contributed by atoms with van der Waals surface area (Å²) in [4.78, 5) is 11.6. The minimum Gasteiger partial charge on any atom is -0.489 e. The number of carbonyl (C=O) groups is 1. The molecule has 0 radical (unpaired) electrons. The van der Waals surface area contributed by atoms with Crippen LogP contribution in [-0.4, -0.2) is 27.5 Å². The summed E-state index contributed by atoms with van der Waals surface area (Å²) in [6, 6.07) is 10.3. The highest BCUT2D eigenvalue weighted by Gasteiger charge is 2.29. The molecule has 7 nitrogen and oxygen atoms in total. The molecule has 0 heterocycles. The van der Waals surface area contributed by atoms with Gasteiger partial charge in [0, 0.05) is 11.1 Å². The third kappa shape index (κ3) is 5.14. The molecule has 1 amide bonds. The Labute approximate surface area is 167 Å². The molecule has 2 rings (SSSR count). The van der Waals surface area contributed by atoms with Crippen molar-refractivity contribution in [2.24, 2.45) is 5.84 Å². The van der Waals surface area contributed by atoms with Crippen molar-refractivity contribution in [2.75, 3.05) is 17.5 Å². The number of nitrogens with zero attached hydrogens (tertiary/aromatic N) is 1. The molecule has 0 aliphatic rings. The number of anilines is 1. The maximum Gasteiger partial charge on any atom is 0.266 e. The number of amides is 1. The predicted molar refractivity (Wildman–Crippen MR) is 105 cm³/mol. The quantitative estimate of drug-likeness (QED) is 0.290. The Balaban J connectivity index is 2.56. The van der Waals surface area contributed by atoms with E-state index in [1.54, 1.807) is 18.2 Å². The summed E-state index contributed by atoms with van der Waals surface area (Å²) < 4.78 is 32.7. The normalized spacial score (nSPS) is 10.9. The first-order chi connectivity index (χ1) is 12.8. The minimum absolute atomic E-state index is 0.0309. The second-order valence-electron chi connectivity index (χ2n) is 5.25. The first kappa shape index (κ1) is 21.0. The Morgan fingerprint density at radius 3 is 2.67 bits per heavy atom. The standard InChI is InChI=1S/C17H17Cl2N3O4S/c1-2-8-26-14-5-3-4-13(10-14)22(11-17(23)21-20)27(24,25)16-9-12(18)6-7-15(16)19/h2-7,9-10H,1,8,11,20H2,(H,21,23). The fraction of sp³-hybridized carbons (Fsp3) is 0.118. The molecule has 2 aromatic carbocycles. The number of nitrogens with two attached hydrogens (primary N) is 1. The zero-order valence-corrected chi connectivity index (χ0v) is 16.4. The van der Waals surface area contributed by atoms with Crippen molar-refractivity contribution in [3.63, 3.8) is 0 Å². The maximum absolute atomic E-state index is 13.2. The topological polar surface area (TPSA) is 102 Å². The van der Waals surface area contributed by atoms with Gasteiger partial charge in [-0.15, -0.1) is 0 Å². The van der Waals surface area contributed by atoms with Crippen molar-refractivity contribution in [3.05, 3.63) is 65.2 Å². The van der Waals surface area contributed by atoms with Gasteiger partial charge in [-0.2, -0.15) is 0 Å². The fourth-order valence-electron chi connectivity index (χ4n) is 2.17. The molecule has 0 saturated carbocycles. The molecule has 0 aliphatic heterocycles. The summed E-state index contributed by atoms with van der Waals surface area (Å²) in [5, 5.41) is 0.154. The Morgan fingerprint density at radius 2 is 2.00 bits per heavy atom. The van der Waals surface area contributed by atoms with Gasteiger partial charge in [-0.25, -0.2) is 14.3 Å². The van der Waals surface area contributed by atoms with Gasteiger partial charge in [-0.05, 0) is 30.3 Å². The lowest BCUT2D eigenvalue weighted by Gasteiger charge is -2.24. The van der Waals surface area contributed by atoms with Crippen LogP contribution in [0, 0.1) is 0 Å². The van der Waals surface area contributed by atoms with Crippen LogP contribution in [0.2, 0.25) is 10.0 Å². The van der Waals surface area contributed by atoms with Crippen LogP contribution in [-0.2, 0) is 14.8 Å². The molecule has 3 N–H and O–H groups in total. The Hall–Kier alpha value is -2.26. The summed E-state index contributed by atoms with van der Waals surface area (Å²) >= 11 is 12.0. The largest absolute Gasteiger partial charge is 0.489 e. The Morgan fingerprint density at radius 1 is 1.26 bits per heavy atom. The molecule has 0 fully saturated rings. The van der Waals surface area contributed by atoms with E-state index in [2.05, 4.69) is 6.58 Å². The number of nitrogens with one attached hydrogen (secondary N) is 1. The van der Waals surface area contributed by atoms with Gasteiger partial charge in [-0.3, -0.25) is 14.5 Å². The average molecular weight is 430 g/mol. The smallest absolute Gasteiger partial charge is 0.266 e. The summed E-state index contributed by atoms with van der Waals surface area (Å²) in [6.07, 6.45) is 1.55. The number of hydrogen-bond acceptors (Lipinski definition) is 5. The molecule has 0 aliphatic carbocycles. The monoisotopic (exact) mass is 429 g/mol. The lowest BCUT2D eigenvalue weighted by Crippen LogP contribution is -2.43. The van der Waals surface area contributed by atoms with Crippen molar-refractivity contribution in [3.8, 4) is 5.75 Å². The van der Waals surface area contributed by atoms with E-state index in [9.17, 15) is 13.2 Å². The van der Waals surface area contributed by atoms with Gasteiger partial charge in [0.2, 0.25) is 0 Å². The minimum atomic E-state index is -4.22. The highest BCUT2D eigenvalue weighted by Crippen LogP contribution is 2.31. The number of benzene rings is 2. The van der Waals surface area contributed by atoms with E-state index in [1.807, 2.05) is 5.43 Å². The van der Waals surface area contributed by atoms with Gasteiger partial charge >= 0.3 is 0 Å². The van der Waals surface area contributed by atoms with Crippen molar-refractivity contribution >= 4 is 44.8 Å². The van der Waals surface area contributed by atoms with Crippen molar-refractivity contribution in [2.45, 2.75) is 4.90 Å². The molecule has 0 atom stereocenters. The molecule has 0 aromatic heterocycles. The molecule has 0 unspecified atom stereocenters. The number of rotatable bonds is 8. The summed E-state index contributed by atoms with van der Waals surface area (Å²) in [5.41, 5.74) is 2.11. The number of ether oxygens (including phenoxy) is 1. The first-order valence-electron chi connectivity index (χ1n) is 7.60. The molecule has 0 saturated heterocycles. The lowest BCUT2D eigenvalue weighted by atomic mass is 10.3. The number of hydrogen-bond donors (Lipinski definition) is 2. The van der Waals surface area contributed by atoms with Gasteiger partial charge in [0.15, 0.2) is 0 Å². The molecule has 0 bridgehead atoms. The van der Waals surface area contributed by atoms with Crippen LogP contribution in [0.3, 0.4) is 0 Å². The first-order valence-corrected chi connectivity index (χ1v) is 9.80. The second kappa shape index (κ2) is 9.09. The van der Waals surface area contributed by atoms with Crippen molar-refractivity contribution in [1.82, 2.24) is 5.43 Å². The fourth-order valence-corrected chi connectivity index (χ4v) is 4.32. The number of hydrazine groups is 1. The van der Waals surface area contributed by atoms with E-state index >= 15 is 0 Å². The number of sulfonamides is 1. The van der Waals surface area contributed by atoms with Gasteiger partial charge in [-0.1, -0.05) is 41.9 Å². The second-order valence-corrected chi connectivity index (χ2v) is 7.93. The zero-order chi connectivity index (χ0) is 20.0. The maximum atomic E-state index is 13.2. The van der Waals surface area contributed by atoms with Crippen LogP contribution >= 0.6 is 23.2 Å².